The number of nitrogens with one attached hydrogen (secondary N) is 1. The molecule has 0 unspecified atom stereocenters. The van der Waals surface area contributed by atoms with Crippen LogP contribution in [0.15, 0.2) is 47.5 Å². The van der Waals surface area contributed by atoms with Crippen LogP contribution >= 0.6 is 0 Å². The van der Waals surface area contributed by atoms with Gasteiger partial charge in [0.1, 0.15) is 5.84 Å². The molecule has 0 amide bonds. The van der Waals surface area contributed by atoms with E-state index in [0.29, 0.717) is 0 Å². The van der Waals surface area contributed by atoms with Crippen molar-refractivity contribution in [3.05, 3.63) is 64.7 Å². The minimum atomic E-state index is 0.222. The predicted octanol–water partition coefficient (Wildman–Crippen LogP) is 5.82. The number of amidine groups is 1. The first-order valence-electron chi connectivity index (χ1n) is 9.62. The van der Waals surface area contributed by atoms with Crippen molar-refractivity contribution >= 4 is 11.5 Å². The van der Waals surface area contributed by atoms with Crippen molar-refractivity contribution in [1.29, 1.82) is 0 Å². The van der Waals surface area contributed by atoms with Crippen molar-refractivity contribution < 1.29 is 0 Å². The summed E-state index contributed by atoms with van der Waals surface area (Å²) in [4.78, 5) is 5.09. The van der Waals surface area contributed by atoms with Gasteiger partial charge in [0, 0.05) is 11.1 Å². The molecule has 1 aliphatic heterocycles. The molecule has 2 aromatic carbocycles. The molecule has 130 valence electrons. The molecule has 2 aromatic rings. The Balaban J connectivity index is 1.72. The molecule has 2 aliphatic rings. The number of aryl methyl sites for hydroxylation is 2. The Morgan fingerprint density at radius 1 is 1.00 bits per heavy atom. The van der Waals surface area contributed by atoms with Crippen LogP contribution in [0.2, 0.25) is 0 Å². The topological polar surface area (TPSA) is 24.4 Å². The Bertz CT molecular complexity index is 783. The van der Waals surface area contributed by atoms with Gasteiger partial charge < -0.3 is 5.32 Å². The SMILES string of the molecule is Cc1cc(C)c2c(c1)NC(=NCc1ccccc1)C1(CCCCC1)C2. The van der Waals surface area contributed by atoms with Crippen LogP contribution in [-0.2, 0) is 13.0 Å². The van der Waals surface area contributed by atoms with Crippen LogP contribution in [-0.4, -0.2) is 5.84 Å². The van der Waals surface area contributed by atoms with Gasteiger partial charge in [0.15, 0.2) is 0 Å². The number of rotatable bonds is 2. The Kier molecular flexibility index (Phi) is 4.37. The van der Waals surface area contributed by atoms with Crippen molar-refractivity contribution in [2.45, 2.75) is 58.9 Å². The van der Waals surface area contributed by atoms with Gasteiger partial charge in [0.2, 0.25) is 0 Å². The van der Waals surface area contributed by atoms with Crippen LogP contribution in [0, 0.1) is 19.3 Å². The lowest BCUT2D eigenvalue weighted by molar-refractivity contribution is 0.278. The van der Waals surface area contributed by atoms with Gasteiger partial charge in [-0.3, -0.25) is 4.99 Å². The summed E-state index contributed by atoms with van der Waals surface area (Å²) < 4.78 is 0. The summed E-state index contributed by atoms with van der Waals surface area (Å²) in [6, 6.07) is 15.2. The van der Waals surface area contributed by atoms with Gasteiger partial charge in [-0.25, -0.2) is 0 Å². The Morgan fingerprint density at radius 2 is 1.76 bits per heavy atom. The molecule has 25 heavy (non-hydrogen) atoms. The smallest absolute Gasteiger partial charge is 0.108 e. The normalized spacial score (nSPS) is 20.3. The third kappa shape index (κ3) is 3.22. The van der Waals surface area contributed by atoms with Crippen LogP contribution in [0.5, 0.6) is 0 Å². The molecule has 2 nitrogen and oxygen atoms in total. The first kappa shape index (κ1) is 16.4. The minimum absolute atomic E-state index is 0.222. The number of benzene rings is 2. The average Bonchev–Trinajstić information content (AvgIpc) is 2.62. The van der Waals surface area contributed by atoms with Gasteiger partial charge >= 0.3 is 0 Å². The largest absolute Gasteiger partial charge is 0.343 e. The molecule has 1 aliphatic carbocycles. The molecular weight excluding hydrogens is 304 g/mol. The van der Waals surface area contributed by atoms with Crippen LogP contribution in [0.25, 0.3) is 0 Å². The van der Waals surface area contributed by atoms with Crippen LogP contribution in [0.3, 0.4) is 0 Å². The standard InChI is InChI=1S/C23H28N2/c1-17-13-18(2)20-15-23(11-7-4-8-12-23)22(25-21(20)14-17)24-16-19-9-5-3-6-10-19/h3,5-6,9-10,13-14H,4,7-8,11-12,15-16H2,1-2H3,(H,24,25). The molecule has 1 fully saturated rings. The van der Waals surface area contributed by atoms with Crippen LogP contribution < -0.4 is 5.32 Å². The first-order chi connectivity index (χ1) is 12.2. The maximum Gasteiger partial charge on any atom is 0.108 e. The summed E-state index contributed by atoms with van der Waals surface area (Å²) in [5.41, 5.74) is 7.04. The molecule has 1 N–H and O–H groups in total. The van der Waals surface area contributed by atoms with Gasteiger partial charge in [-0.1, -0.05) is 55.7 Å². The van der Waals surface area contributed by atoms with Crippen molar-refractivity contribution in [2.24, 2.45) is 10.4 Å². The third-order valence-corrected chi connectivity index (χ3v) is 5.96. The molecule has 0 aromatic heterocycles. The highest BCUT2D eigenvalue weighted by Gasteiger charge is 2.41. The highest BCUT2D eigenvalue weighted by atomic mass is 15.0. The molecule has 1 spiro atoms. The van der Waals surface area contributed by atoms with Crippen molar-refractivity contribution in [3.8, 4) is 0 Å². The predicted molar refractivity (Wildman–Crippen MR) is 106 cm³/mol. The number of hydrogen-bond acceptors (Lipinski definition) is 1. The van der Waals surface area contributed by atoms with Gasteiger partial charge in [-0.15, -0.1) is 0 Å². The Labute approximate surface area is 151 Å². The molecule has 1 saturated carbocycles. The number of hydrogen-bond donors (Lipinski definition) is 1. The molecular formula is C23H28N2. The minimum Gasteiger partial charge on any atom is -0.343 e. The van der Waals surface area contributed by atoms with E-state index in [4.69, 9.17) is 4.99 Å². The summed E-state index contributed by atoms with van der Waals surface area (Å²) in [5, 5.41) is 3.76. The van der Waals surface area contributed by atoms with E-state index in [1.807, 2.05) is 0 Å². The van der Waals surface area contributed by atoms with Gasteiger partial charge in [0.25, 0.3) is 0 Å². The first-order valence-corrected chi connectivity index (χ1v) is 9.62. The molecule has 0 saturated heterocycles. The molecule has 1 heterocycles. The third-order valence-electron chi connectivity index (χ3n) is 5.96. The number of anilines is 1. The average molecular weight is 332 g/mol. The summed E-state index contributed by atoms with van der Waals surface area (Å²) >= 11 is 0. The zero-order valence-electron chi connectivity index (χ0n) is 15.4. The lowest BCUT2D eigenvalue weighted by Gasteiger charge is -2.43. The molecule has 0 radical (unpaired) electrons. The van der Waals surface area contributed by atoms with E-state index < -0.39 is 0 Å². The number of aliphatic imine (C=N–C) groups is 1. The summed E-state index contributed by atoms with van der Waals surface area (Å²) in [5.74, 6) is 1.23. The van der Waals surface area contributed by atoms with E-state index in [0.717, 1.165) is 13.0 Å². The second kappa shape index (κ2) is 6.67. The van der Waals surface area contributed by atoms with E-state index in [1.54, 1.807) is 0 Å². The van der Waals surface area contributed by atoms with Crippen molar-refractivity contribution in [3.63, 3.8) is 0 Å². The fourth-order valence-electron chi connectivity index (χ4n) is 4.63. The second-order valence-corrected chi connectivity index (χ2v) is 7.90. The van der Waals surface area contributed by atoms with E-state index >= 15 is 0 Å². The van der Waals surface area contributed by atoms with E-state index in [9.17, 15) is 0 Å². The molecule has 4 rings (SSSR count). The maximum atomic E-state index is 5.09. The number of nitrogens with zero attached hydrogens (tertiary/aromatic N) is 1. The summed E-state index contributed by atoms with van der Waals surface area (Å²) in [6.45, 7) is 5.21. The lowest BCUT2D eigenvalue weighted by atomic mass is 9.67. The lowest BCUT2D eigenvalue weighted by Crippen LogP contribution is -2.43. The summed E-state index contributed by atoms with van der Waals surface area (Å²) in [6.07, 6.45) is 7.70. The zero-order chi connectivity index (χ0) is 17.3. The van der Waals surface area contributed by atoms with Crippen molar-refractivity contribution in [2.75, 3.05) is 5.32 Å². The fraction of sp³-hybridized carbons (Fsp3) is 0.435. The second-order valence-electron chi connectivity index (χ2n) is 7.90. The molecule has 0 atom stereocenters. The van der Waals surface area contributed by atoms with E-state index in [1.165, 1.54) is 65.9 Å². The van der Waals surface area contributed by atoms with E-state index in [2.05, 4.69) is 61.6 Å². The molecule has 0 bridgehead atoms. The van der Waals surface area contributed by atoms with Crippen molar-refractivity contribution in [1.82, 2.24) is 0 Å². The molecule has 2 heteroatoms. The van der Waals surface area contributed by atoms with Gasteiger partial charge in [-0.05, 0) is 61.4 Å². The van der Waals surface area contributed by atoms with Gasteiger partial charge in [-0.2, -0.15) is 0 Å². The van der Waals surface area contributed by atoms with E-state index in [-0.39, 0.29) is 5.41 Å². The fourth-order valence-corrected chi connectivity index (χ4v) is 4.63. The quantitative estimate of drug-likeness (QED) is 0.736. The van der Waals surface area contributed by atoms with Gasteiger partial charge in [0.05, 0.1) is 6.54 Å². The summed E-state index contributed by atoms with van der Waals surface area (Å²) in [7, 11) is 0. The highest BCUT2D eigenvalue weighted by molar-refractivity contribution is 6.03. The van der Waals surface area contributed by atoms with Crippen LogP contribution in [0.4, 0.5) is 5.69 Å². The highest BCUT2D eigenvalue weighted by Crippen LogP contribution is 2.46. The van der Waals surface area contributed by atoms with Crippen LogP contribution in [0.1, 0.15) is 54.4 Å². The number of fused-ring (bicyclic) bond motifs is 1. The Morgan fingerprint density at radius 3 is 2.52 bits per heavy atom. The zero-order valence-corrected chi connectivity index (χ0v) is 15.4. The maximum absolute atomic E-state index is 5.09. The Hall–Kier alpha value is -2.09. The monoisotopic (exact) mass is 332 g/mol.